The minimum absolute atomic E-state index is 0.662. The Bertz CT molecular complexity index is 2440. The van der Waals surface area contributed by atoms with E-state index in [0.717, 1.165) is 71.6 Å². The molecule has 0 spiro atoms. The zero-order chi connectivity index (χ0) is 34.5. The molecule has 8 rings (SSSR count). The molecule has 0 aliphatic rings. The molecule has 243 valence electrons. The lowest BCUT2D eigenvalue weighted by molar-refractivity contribution is -0.0892. The van der Waals surface area contributed by atoms with Gasteiger partial charge in [-0.05, 0) is 89.1 Å². The molecule has 0 aliphatic carbocycles. The van der Waals surface area contributed by atoms with E-state index in [1.54, 1.807) is 13.8 Å². The van der Waals surface area contributed by atoms with Crippen LogP contribution in [0.5, 0.6) is 0 Å². The number of fused-ring (bicyclic) bond motifs is 3. The van der Waals surface area contributed by atoms with Gasteiger partial charge in [0, 0.05) is 22.9 Å². The molecule has 8 aromatic rings. The number of benzene rings is 6. The standard InChI is InChI=1S/C44H37BN3O2/c1-43(2,49)44(3,4)50-45-40-36-24-13-11-22-34(36)39(35-23-12-14-25-37(35)40)31-20-15-21-32(26-31)41-46-42-38(30-18-9-6-10-19-30)27-33(28-48(42)47-41)29-16-7-5-8-17-29/h5-28,49H,1-4H3. The van der Waals surface area contributed by atoms with Gasteiger partial charge < -0.3 is 9.76 Å². The van der Waals surface area contributed by atoms with Crippen LogP contribution in [0, 0.1) is 0 Å². The first kappa shape index (κ1) is 31.7. The minimum atomic E-state index is -1.04. The van der Waals surface area contributed by atoms with Crippen molar-refractivity contribution in [1.29, 1.82) is 0 Å². The van der Waals surface area contributed by atoms with E-state index in [-0.39, 0.29) is 0 Å². The summed E-state index contributed by atoms with van der Waals surface area (Å²) in [7, 11) is 1.82. The van der Waals surface area contributed by atoms with Crippen molar-refractivity contribution in [2.45, 2.75) is 38.9 Å². The molecule has 0 fully saturated rings. The lowest BCUT2D eigenvalue weighted by atomic mass is 9.75. The van der Waals surface area contributed by atoms with Gasteiger partial charge in [0.25, 0.3) is 0 Å². The van der Waals surface area contributed by atoms with Crippen LogP contribution in [0.25, 0.3) is 72.0 Å². The summed E-state index contributed by atoms with van der Waals surface area (Å²) in [4.78, 5) is 5.14. The van der Waals surface area contributed by atoms with Crippen LogP contribution in [0.3, 0.4) is 0 Å². The van der Waals surface area contributed by atoms with Crippen LogP contribution in [0.2, 0.25) is 0 Å². The van der Waals surface area contributed by atoms with Crippen molar-refractivity contribution in [3.8, 4) is 44.8 Å². The van der Waals surface area contributed by atoms with Crippen LogP contribution in [-0.4, -0.2) is 38.4 Å². The van der Waals surface area contributed by atoms with Crippen molar-refractivity contribution in [1.82, 2.24) is 14.6 Å². The fourth-order valence-corrected chi connectivity index (χ4v) is 6.49. The summed E-state index contributed by atoms with van der Waals surface area (Å²) in [5, 5.41) is 20.2. The molecule has 2 heterocycles. The van der Waals surface area contributed by atoms with Crippen molar-refractivity contribution >= 4 is 40.1 Å². The van der Waals surface area contributed by atoms with Crippen LogP contribution in [-0.2, 0) is 4.65 Å². The van der Waals surface area contributed by atoms with Gasteiger partial charge in [0.15, 0.2) is 11.5 Å². The summed E-state index contributed by atoms with van der Waals surface area (Å²) in [6.07, 6.45) is 2.06. The summed E-state index contributed by atoms with van der Waals surface area (Å²) >= 11 is 0. The molecule has 0 bridgehead atoms. The Labute approximate surface area is 293 Å². The second-order valence-corrected chi connectivity index (χ2v) is 13.8. The molecule has 0 amide bonds. The maximum Gasteiger partial charge on any atom is 0.332 e. The second kappa shape index (κ2) is 12.4. The lowest BCUT2D eigenvalue weighted by Gasteiger charge is -2.37. The Morgan fingerprint density at radius 1 is 0.580 bits per heavy atom. The number of pyridine rings is 1. The van der Waals surface area contributed by atoms with Gasteiger partial charge in [-0.25, -0.2) is 9.50 Å². The normalized spacial score (nSPS) is 12.2. The van der Waals surface area contributed by atoms with Gasteiger partial charge in [-0.1, -0.05) is 127 Å². The minimum Gasteiger partial charge on any atom is -0.427 e. The number of aromatic nitrogens is 3. The van der Waals surface area contributed by atoms with Crippen LogP contribution < -0.4 is 5.46 Å². The van der Waals surface area contributed by atoms with Gasteiger partial charge in [-0.2, -0.15) is 0 Å². The average Bonchev–Trinajstić information content (AvgIpc) is 3.58. The van der Waals surface area contributed by atoms with E-state index in [1.165, 1.54) is 0 Å². The molecule has 1 N–H and O–H groups in total. The van der Waals surface area contributed by atoms with Gasteiger partial charge >= 0.3 is 7.48 Å². The lowest BCUT2D eigenvalue weighted by Crippen LogP contribution is -2.49. The van der Waals surface area contributed by atoms with Crippen molar-refractivity contribution in [2.75, 3.05) is 0 Å². The monoisotopic (exact) mass is 650 g/mol. The van der Waals surface area contributed by atoms with Crippen LogP contribution in [0.4, 0.5) is 0 Å². The fraction of sp³-hybridized carbons (Fsp3) is 0.136. The highest BCUT2D eigenvalue weighted by Crippen LogP contribution is 2.38. The molecule has 0 unspecified atom stereocenters. The summed E-state index contributed by atoms with van der Waals surface area (Å²) in [5.74, 6) is 0.662. The SMILES string of the molecule is CC(C)(O)C(C)(C)O[B]c1c2ccccc2c(-c2cccc(-c3nc4c(-c5ccccc5)cc(-c5ccccc5)cn4n3)c2)c2ccccc12. The Morgan fingerprint density at radius 2 is 1.12 bits per heavy atom. The van der Waals surface area contributed by atoms with E-state index in [2.05, 4.69) is 134 Å². The average molecular weight is 651 g/mol. The largest absolute Gasteiger partial charge is 0.427 e. The molecule has 0 aliphatic heterocycles. The van der Waals surface area contributed by atoms with Crippen molar-refractivity contribution in [2.24, 2.45) is 0 Å². The quantitative estimate of drug-likeness (QED) is 0.132. The van der Waals surface area contributed by atoms with E-state index in [4.69, 9.17) is 14.7 Å². The Morgan fingerprint density at radius 3 is 1.74 bits per heavy atom. The maximum absolute atomic E-state index is 10.8. The Balaban J connectivity index is 1.28. The van der Waals surface area contributed by atoms with E-state index in [0.29, 0.717) is 5.82 Å². The summed E-state index contributed by atoms with van der Waals surface area (Å²) in [6.45, 7) is 7.37. The molecular weight excluding hydrogens is 613 g/mol. The molecular formula is C44H37BN3O2. The molecule has 0 atom stereocenters. The van der Waals surface area contributed by atoms with Gasteiger partial charge in [-0.15, -0.1) is 5.10 Å². The zero-order valence-electron chi connectivity index (χ0n) is 28.6. The number of hydrogen-bond donors (Lipinski definition) is 1. The van der Waals surface area contributed by atoms with E-state index >= 15 is 0 Å². The van der Waals surface area contributed by atoms with E-state index < -0.39 is 11.2 Å². The summed E-state index contributed by atoms with van der Waals surface area (Å²) < 4.78 is 8.25. The van der Waals surface area contributed by atoms with Crippen molar-refractivity contribution in [3.63, 3.8) is 0 Å². The third-order valence-electron chi connectivity index (χ3n) is 9.95. The summed E-state index contributed by atoms with van der Waals surface area (Å²) in [5.41, 5.74) is 7.42. The van der Waals surface area contributed by atoms with E-state index in [1.807, 2.05) is 38.0 Å². The highest BCUT2D eigenvalue weighted by Gasteiger charge is 2.36. The fourth-order valence-electron chi connectivity index (χ4n) is 6.49. The first-order chi connectivity index (χ1) is 24.2. The smallest absolute Gasteiger partial charge is 0.332 e. The van der Waals surface area contributed by atoms with Crippen LogP contribution in [0.1, 0.15) is 27.7 Å². The van der Waals surface area contributed by atoms with Gasteiger partial charge in [-0.3, -0.25) is 0 Å². The summed E-state index contributed by atoms with van der Waals surface area (Å²) in [6, 6.07) is 48.4. The Kier molecular flexibility index (Phi) is 7.86. The highest BCUT2D eigenvalue weighted by molar-refractivity contribution is 6.57. The van der Waals surface area contributed by atoms with Crippen LogP contribution >= 0.6 is 0 Å². The van der Waals surface area contributed by atoms with Gasteiger partial charge in [0.05, 0.1) is 11.2 Å². The predicted octanol–water partition coefficient (Wildman–Crippen LogP) is 9.51. The molecule has 2 aromatic heterocycles. The topological polar surface area (TPSA) is 59.7 Å². The Hall–Kier alpha value is -5.56. The maximum atomic E-state index is 10.8. The first-order valence-electron chi connectivity index (χ1n) is 17.0. The third-order valence-corrected chi connectivity index (χ3v) is 9.95. The molecule has 0 saturated heterocycles. The second-order valence-electron chi connectivity index (χ2n) is 13.8. The van der Waals surface area contributed by atoms with Crippen LogP contribution in [0.15, 0.2) is 146 Å². The number of hydrogen-bond acceptors (Lipinski definition) is 4. The van der Waals surface area contributed by atoms with Crippen molar-refractivity contribution in [3.05, 3.63) is 146 Å². The van der Waals surface area contributed by atoms with Gasteiger partial charge in [0.1, 0.15) is 0 Å². The molecule has 6 heteroatoms. The zero-order valence-corrected chi connectivity index (χ0v) is 28.6. The molecule has 5 nitrogen and oxygen atoms in total. The third kappa shape index (κ3) is 5.66. The number of aliphatic hydroxyl groups is 1. The number of rotatable bonds is 8. The van der Waals surface area contributed by atoms with Crippen molar-refractivity contribution < 1.29 is 9.76 Å². The molecule has 1 radical (unpaired) electrons. The highest BCUT2D eigenvalue weighted by atomic mass is 16.5. The van der Waals surface area contributed by atoms with E-state index in [9.17, 15) is 5.11 Å². The first-order valence-corrected chi connectivity index (χ1v) is 17.0. The predicted molar refractivity (Wildman–Crippen MR) is 207 cm³/mol. The molecule has 50 heavy (non-hydrogen) atoms. The molecule has 0 saturated carbocycles. The van der Waals surface area contributed by atoms with Gasteiger partial charge in [0.2, 0.25) is 0 Å². The number of nitrogens with zero attached hydrogens (tertiary/aromatic N) is 3. The molecule has 6 aromatic carbocycles.